The van der Waals surface area contributed by atoms with Crippen LogP contribution in [0.3, 0.4) is 0 Å². The van der Waals surface area contributed by atoms with Gasteiger partial charge in [-0.15, -0.1) is 0 Å². The summed E-state index contributed by atoms with van der Waals surface area (Å²) in [6.45, 7) is 6.10. The van der Waals surface area contributed by atoms with Crippen molar-refractivity contribution in [3.63, 3.8) is 0 Å². The fourth-order valence-electron chi connectivity index (χ4n) is 2.08. The number of benzene rings is 1. The lowest BCUT2D eigenvalue weighted by Gasteiger charge is -2.20. The van der Waals surface area contributed by atoms with E-state index in [0.717, 1.165) is 36.6 Å². The van der Waals surface area contributed by atoms with Gasteiger partial charge in [-0.1, -0.05) is 25.1 Å². The molecule has 1 aromatic heterocycles. The molecule has 2 aromatic rings. The molecule has 0 saturated heterocycles. The van der Waals surface area contributed by atoms with Crippen LogP contribution in [0.5, 0.6) is 5.75 Å². The van der Waals surface area contributed by atoms with Crippen LogP contribution < -0.4 is 10.5 Å². The van der Waals surface area contributed by atoms with Crippen molar-refractivity contribution < 1.29 is 4.74 Å². The Bertz CT molecular complexity index is 513. The quantitative estimate of drug-likeness (QED) is 0.809. The number of aromatic nitrogens is 1. The van der Waals surface area contributed by atoms with Crippen molar-refractivity contribution in [3.05, 3.63) is 59.9 Å². The van der Waals surface area contributed by atoms with E-state index in [-0.39, 0.29) is 0 Å². The third-order valence-corrected chi connectivity index (χ3v) is 3.39. The number of likely N-dealkylation sites (N-methyl/N-ethyl adjacent to an activating group) is 1. The zero-order valence-corrected chi connectivity index (χ0v) is 12.5. The minimum atomic E-state index is 0.563. The number of hydrogen-bond acceptors (Lipinski definition) is 4. The van der Waals surface area contributed by atoms with E-state index in [1.165, 1.54) is 0 Å². The fourth-order valence-corrected chi connectivity index (χ4v) is 2.08. The van der Waals surface area contributed by atoms with Crippen molar-refractivity contribution in [2.75, 3.05) is 19.7 Å². The van der Waals surface area contributed by atoms with Crippen LogP contribution in [0, 0.1) is 0 Å². The molecule has 21 heavy (non-hydrogen) atoms. The summed E-state index contributed by atoms with van der Waals surface area (Å²) in [6.07, 6.45) is 1.83. The topological polar surface area (TPSA) is 51.4 Å². The van der Waals surface area contributed by atoms with E-state index in [1.807, 2.05) is 42.6 Å². The van der Waals surface area contributed by atoms with Crippen LogP contribution in [0.15, 0.2) is 48.7 Å². The summed E-state index contributed by atoms with van der Waals surface area (Å²) in [4.78, 5) is 6.67. The van der Waals surface area contributed by atoms with Gasteiger partial charge in [-0.25, -0.2) is 0 Å². The molecule has 112 valence electrons. The molecule has 0 aliphatic heterocycles. The minimum absolute atomic E-state index is 0.563. The van der Waals surface area contributed by atoms with Gasteiger partial charge in [-0.05, 0) is 36.4 Å². The van der Waals surface area contributed by atoms with Crippen molar-refractivity contribution in [2.45, 2.75) is 20.0 Å². The summed E-state index contributed by atoms with van der Waals surface area (Å²) in [6, 6.07) is 13.9. The monoisotopic (exact) mass is 285 g/mol. The van der Waals surface area contributed by atoms with Crippen molar-refractivity contribution in [1.29, 1.82) is 0 Å². The zero-order valence-electron chi connectivity index (χ0n) is 12.5. The first kappa shape index (κ1) is 15.5. The summed E-state index contributed by atoms with van der Waals surface area (Å²) in [5, 5.41) is 0. The molecule has 2 N–H and O–H groups in total. The van der Waals surface area contributed by atoms with E-state index in [1.54, 1.807) is 0 Å². The Morgan fingerprint density at radius 1 is 1.14 bits per heavy atom. The molecule has 0 aliphatic carbocycles. The molecule has 0 bridgehead atoms. The smallest absolute Gasteiger partial charge is 0.119 e. The first-order valence-electron chi connectivity index (χ1n) is 7.36. The predicted molar refractivity (Wildman–Crippen MR) is 85.0 cm³/mol. The normalized spacial score (nSPS) is 10.8. The maximum Gasteiger partial charge on any atom is 0.119 e. The molecule has 0 amide bonds. The molecular weight excluding hydrogens is 262 g/mol. The van der Waals surface area contributed by atoms with E-state index in [4.69, 9.17) is 10.5 Å². The van der Waals surface area contributed by atoms with Gasteiger partial charge in [0.05, 0.1) is 5.69 Å². The standard InChI is InChI=1S/C17H23N3O/c1-2-20(14-16-5-3-4-10-19-16)11-12-21-17-8-6-15(13-18)7-9-17/h3-10H,2,11-14,18H2,1H3. The minimum Gasteiger partial charge on any atom is -0.492 e. The lowest BCUT2D eigenvalue weighted by Crippen LogP contribution is -2.28. The summed E-state index contributed by atoms with van der Waals surface area (Å²) in [5.41, 5.74) is 7.79. The summed E-state index contributed by atoms with van der Waals surface area (Å²) >= 11 is 0. The Kier molecular flexibility index (Phi) is 6.19. The number of nitrogens with zero attached hydrogens (tertiary/aromatic N) is 2. The lowest BCUT2D eigenvalue weighted by molar-refractivity contribution is 0.208. The second-order valence-electron chi connectivity index (χ2n) is 4.89. The predicted octanol–water partition coefficient (Wildman–Crippen LogP) is 2.44. The summed E-state index contributed by atoms with van der Waals surface area (Å²) < 4.78 is 5.77. The zero-order chi connectivity index (χ0) is 14.9. The average Bonchev–Trinajstić information content (AvgIpc) is 2.55. The number of ether oxygens (including phenoxy) is 1. The van der Waals surface area contributed by atoms with Crippen LogP contribution in [0.25, 0.3) is 0 Å². The molecular formula is C17H23N3O. The SMILES string of the molecule is CCN(CCOc1ccc(CN)cc1)Cc1ccccn1. The highest BCUT2D eigenvalue weighted by atomic mass is 16.5. The molecule has 0 spiro atoms. The van der Waals surface area contributed by atoms with E-state index in [2.05, 4.69) is 22.9 Å². The van der Waals surface area contributed by atoms with E-state index < -0.39 is 0 Å². The van der Waals surface area contributed by atoms with Gasteiger partial charge in [-0.3, -0.25) is 9.88 Å². The Balaban J connectivity index is 1.77. The largest absolute Gasteiger partial charge is 0.492 e. The van der Waals surface area contributed by atoms with Crippen molar-refractivity contribution in [1.82, 2.24) is 9.88 Å². The maximum absolute atomic E-state index is 5.77. The van der Waals surface area contributed by atoms with Crippen LogP contribution >= 0.6 is 0 Å². The van der Waals surface area contributed by atoms with Crippen LogP contribution in [-0.2, 0) is 13.1 Å². The van der Waals surface area contributed by atoms with Gasteiger partial charge in [0.1, 0.15) is 12.4 Å². The van der Waals surface area contributed by atoms with Gasteiger partial charge in [0.25, 0.3) is 0 Å². The lowest BCUT2D eigenvalue weighted by atomic mass is 10.2. The van der Waals surface area contributed by atoms with Gasteiger partial charge in [0.2, 0.25) is 0 Å². The van der Waals surface area contributed by atoms with E-state index in [9.17, 15) is 0 Å². The Morgan fingerprint density at radius 2 is 1.95 bits per heavy atom. The number of nitrogens with two attached hydrogens (primary N) is 1. The molecule has 0 fully saturated rings. The van der Waals surface area contributed by atoms with Crippen molar-refractivity contribution >= 4 is 0 Å². The van der Waals surface area contributed by atoms with Gasteiger partial charge in [0, 0.05) is 25.8 Å². The Labute approximate surface area is 126 Å². The molecule has 0 aliphatic rings. The molecule has 2 rings (SSSR count). The molecule has 1 aromatic carbocycles. The molecule has 0 atom stereocenters. The third kappa shape index (κ3) is 5.17. The molecule has 4 nitrogen and oxygen atoms in total. The van der Waals surface area contributed by atoms with Crippen LogP contribution in [-0.4, -0.2) is 29.6 Å². The highest BCUT2D eigenvalue weighted by Gasteiger charge is 2.04. The van der Waals surface area contributed by atoms with Gasteiger partial charge < -0.3 is 10.5 Å². The third-order valence-electron chi connectivity index (χ3n) is 3.39. The highest BCUT2D eigenvalue weighted by molar-refractivity contribution is 5.27. The van der Waals surface area contributed by atoms with Gasteiger partial charge in [-0.2, -0.15) is 0 Å². The first-order chi connectivity index (χ1) is 10.3. The molecule has 0 radical (unpaired) electrons. The fraction of sp³-hybridized carbons (Fsp3) is 0.353. The van der Waals surface area contributed by atoms with Crippen LogP contribution in [0.1, 0.15) is 18.2 Å². The van der Waals surface area contributed by atoms with Crippen LogP contribution in [0.4, 0.5) is 0 Å². The maximum atomic E-state index is 5.77. The average molecular weight is 285 g/mol. The van der Waals surface area contributed by atoms with E-state index in [0.29, 0.717) is 13.2 Å². The van der Waals surface area contributed by atoms with Gasteiger partial charge in [0.15, 0.2) is 0 Å². The van der Waals surface area contributed by atoms with Crippen molar-refractivity contribution in [2.24, 2.45) is 5.73 Å². The van der Waals surface area contributed by atoms with E-state index >= 15 is 0 Å². The number of hydrogen-bond donors (Lipinski definition) is 1. The Morgan fingerprint density at radius 3 is 2.57 bits per heavy atom. The van der Waals surface area contributed by atoms with Crippen LogP contribution in [0.2, 0.25) is 0 Å². The summed E-state index contributed by atoms with van der Waals surface area (Å²) in [7, 11) is 0. The van der Waals surface area contributed by atoms with Crippen molar-refractivity contribution in [3.8, 4) is 5.75 Å². The first-order valence-corrected chi connectivity index (χ1v) is 7.36. The number of rotatable bonds is 8. The molecule has 0 unspecified atom stereocenters. The molecule has 4 heteroatoms. The highest BCUT2D eigenvalue weighted by Crippen LogP contribution is 2.12. The second kappa shape index (κ2) is 8.39. The Hall–Kier alpha value is -1.91. The molecule has 1 heterocycles. The molecule has 0 saturated carbocycles. The summed E-state index contributed by atoms with van der Waals surface area (Å²) in [5.74, 6) is 0.890. The van der Waals surface area contributed by atoms with Gasteiger partial charge >= 0.3 is 0 Å². The second-order valence-corrected chi connectivity index (χ2v) is 4.89. The number of pyridine rings is 1.